The predicted octanol–water partition coefficient (Wildman–Crippen LogP) is 1.79. The molecule has 0 aliphatic rings. The number of hydrogen-bond acceptors (Lipinski definition) is 5. The van der Waals surface area contributed by atoms with Crippen molar-refractivity contribution in [1.82, 2.24) is 0 Å². The summed E-state index contributed by atoms with van der Waals surface area (Å²) in [5.74, 6) is -0.769. The molecule has 84 valence electrons. The minimum Gasteiger partial charge on any atom is -0.465 e. The molecule has 0 aliphatic carbocycles. The van der Waals surface area contributed by atoms with Crippen molar-refractivity contribution < 1.29 is 14.3 Å². The van der Waals surface area contributed by atoms with E-state index in [1.165, 1.54) is 20.1 Å². The monoisotopic (exact) mass is 238 g/mol. The zero-order chi connectivity index (χ0) is 12.1. The van der Waals surface area contributed by atoms with Crippen molar-refractivity contribution in [3.63, 3.8) is 0 Å². The largest absolute Gasteiger partial charge is 0.465 e. The molecule has 0 saturated heterocycles. The standard InChI is InChI=1S/C10H10N2O3S/c1-6(13)11-7-3-4-9(12-16)8(5-7)10(14)15-2/h3-5H,1-2H3,(H,11,13). The summed E-state index contributed by atoms with van der Waals surface area (Å²) < 4.78 is 8.11. The van der Waals surface area contributed by atoms with Gasteiger partial charge in [0.05, 0.1) is 18.4 Å². The van der Waals surface area contributed by atoms with Crippen LogP contribution in [0.25, 0.3) is 0 Å². The normalized spacial score (nSPS) is 9.38. The molecule has 0 aromatic heterocycles. The predicted molar refractivity (Wildman–Crippen MR) is 61.5 cm³/mol. The fraction of sp³-hybridized carbons (Fsp3) is 0.200. The fourth-order valence-corrected chi connectivity index (χ4v) is 1.33. The van der Waals surface area contributed by atoms with Crippen molar-refractivity contribution in [2.45, 2.75) is 6.92 Å². The highest BCUT2D eigenvalue weighted by atomic mass is 32.1. The number of esters is 1. The van der Waals surface area contributed by atoms with E-state index in [-0.39, 0.29) is 11.5 Å². The van der Waals surface area contributed by atoms with Gasteiger partial charge in [0.1, 0.15) is 0 Å². The Kier molecular flexibility index (Phi) is 4.07. The van der Waals surface area contributed by atoms with Gasteiger partial charge in [-0.2, -0.15) is 4.36 Å². The average Bonchev–Trinajstić information content (AvgIpc) is 2.27. The Hall–Kier alpha value is -1.82. The van der Waals surface area contributed by atoms with Gasteiger partial charge in [-0.25, -0.2) is 4.79 Å². The van der Waals surface area contributed by atoms with Gasteiger partial charge in [0, 0.05) is 25.0 Å². The number of benzene rings is 1. The van der Waals surface area contributed by atoms with Crippen molar-refractivity contribution in [3.05, 3.63) is 23.8 Å². The smallest absolute Gasteiger partial charge is 0.340 e. The second kappa shape index (κ2) is 5.32. The summed E-state index contributed by atoms with van der Waals surface area (Å²) >= 11 is 4.53. The van der Waals surface area contributed by atoms with E-state index in [4.69, 9.17) is 0 Å². The third-order valence-electron chi connectivity index (χ3n) is 1.82. The Morgan fingerprint density at radius 2 is 2.12 bits per heavy atom. The second-order valence-corrected chi connectivity index (χ2v) is 3.18. The Morgan fingerprint density at radius 3 is 2.62 bits per heavy atom. The van der Waals surface area contributed by atoms with Gasteiger partial charge in [0.15, 0.2) is 0 Å². The van der Waals surface area contributed by atoms with Crippen LogP contribution in [0, 0.1) is 0 Å². The molecule has 0 unspecified atom stereocenters. The van der Waals surface area contributed by atoms with Crippen LogP contribution in [0.15, 0.2) is 22.6 Å². The molecule has 0 aliphatic heterocycles. The van der Waals surface area contributed by atoms with Crippen LogP contribution in [0.1, 0.15) is 17.3 Å². The van der Waals surface area contributed by atoms with E-state index in [1.807, 2.05) is 0 Å². The first-order chi connectivity index (χ1) is 7.58. The van der Waals surface area contributed by atoms with Crippen LogP contribution in [-0.2, 0) is 22.0 Å². The maximum absolute atomic E-state index is 11.4. The number of ether oxygens (including phenoxy) is 1. The van der Waals surface area contributed by atoms with E-state index < -0.39 is 5.97 Å². The quantitative estimate of drug-likeness (QED) is 0.815. The maximum Gasteiger partial charge on any atom is 0.340 e. The van der Waals surface area contributed by atoms with Gasteiger partial charge in [0.25, 0.3) is 0 Å². The molecule has 0 radical (unpaired) electrons. The van der Waals surface area contributed by atoms with Crippen LogP contribution in [0.3, 0.4) is 0 Å². The molecule has 0 heterocycles. The van der Waals surface area contributed by atoms with Gasteiger partial charge >= 0.3 is 5.97 Å². The highest BCUT2D eigenvalue weighted by Gasteiger charge is 2.12. The lowest BCUT2D eigenvalue weighted by Gasteiger charge is -2.06. The van der Waals surface area contributed by atoms with Crippen LogP contribution >= 0.6 is 0 Å². The average molecular weight is 238 g/mol. The number of carbonyl (C=O) groups is 2. The van der Waals surface area contributed by atoms with Crippen LogP contribution in [0.4, 0.5) is 11.4 Å². The number of carbonyl (C=O) groups excluding carboxylic acids is 2. The number of anilines is 1. The Balaban J connectivity index is 3.15. The van der Waals surface area contributed by atoms with Gasteiger partial charge in [-0.1, -0.05) is 0 Å². The van der Waals surface area contributed by atoms with Gasteiger partial charge in [-0.05, 0) is 18.2 Å². The van der Waals surface area contributed by atoms with Crippen molar-refractivity contribution in [2.75, 3.05) is 12.4 Å². The lowest BCUT2D eigenvalue weighted by Crippen LogP contribution is -2.08. The molecular weight excluding hydrogens is 228 g/mol. The zero-order valence-electron chi connectivity index (χ0n) is 8.81. The van der Waals surface area contributed by atoms with Crippen molar-refractivity contribution in [3.8, 4) is 0 Å². The molecule has 5 nitrogen and oxygen atoms in total. The summed E-state index contributed by atoms with van der Waals surface area (Å²) in [6.45, 7) is 1.38. The SMILES string of the molecule is COC(=O)c1cc(NC(C)=O)ccc1N=S. The lowest BCUT2D eigenvalue weighted by atomic mass is 10.1. The van der Waals surface area contributed by atoms with E-state index in [2.05, 4.69) is 26.8 Å². The first-order valence-electron chi connectivity index (χ1n) is 4.41. The van der Waals surface area contributed by atoms with E-state index in [1.54, 1.807) is 12.1 Å². The molecule has 1 aromatic rings. The number of rotatable bonds is 3. The van der Waals surface area contributed by atoms with Crippen LogP contribution < -0.4 is 5.32 Å². The van der Waals surface area contributed by atoms with E-state index in [9.17, 15) is 9.59 Å². The van der Waals surface area contributed by atoms with E-state index in [0.717, 1.165) is 0 Å². The van der Waals surface area contributed by atoms with Crippen molar-refractivity contribution in [2.24, 2.45) is 4.36 Å². The molecule has 16 heavy (non-hydrogen) atoms. The molecule has 1 N–H and O–H groups in total. The number of methoxy groups -OCH3 is 1. The highest BCUT2D eigenvalue weighted by Crippen LogP contribution is 2.23. The minimum absolute atomic E-state index is 0.223. The van der Waals surface area contributed by atoms with E-state index >= 15 is 0 Å². The minimum atomic E-state index is -0.546. The topological polar surface area (TPSA) is 67.8 Å². The molecule has 6 heteroatoms. The molecule has 0 saturated carbocycles. The van der Waals surface area contributed by atoms with E-state index in [0.29, 0.717) is 11.4 Å². The van der Waals surface area contributed by atoms with Crippen LogP contribution in [0.2, 0.25) is 0 Å². The summed E-state index contributed by atoms with van der Waals surface area (Å²) in [5, 5.41) is 2.55. The fourth-order valence-electron chi connectivity index (χ4n) is 1.17. The lowest BCUT2D eigenvalue weighted by molar-refractivity contribution is -0.114. The molecule has 0 spiro atoms. The molecule has 1 aromatic carbocycles. The Morgan fingerprint density at radius 1 is 1.44 bits per heavy atom. The van der Waals surface area contributed by atoms with Crippen LogP contribution in [0.5, 0.6) is 0 Å². The zero-order valence-corrected chi connectivity index (χ0v) is 9.63. The third kappa shape index (κ3) is 2.83. The molecule has 0 atom stereocenters. The summed E-state index contributed by atoms with van der Waals surface area (Å²) in [4.78, 5) is 22.2. The van der Waals surface area contributed by atoms with Gasteiger partial charge < -0.3 is 10.1 Å². The highest BCUT2D eigenvalue weighted by molar-refractivity contribution is 7.47. The maximum atomic E-state index is 11.4. The number of nitrogens with zero attached hydrogens (tertiary/aromatic N) is 1. The summed E-state index contributed by atoms with van der Waals surface area (Å²) in [6, 6.07) is 4.63. The second-order valence-electron chi connectivity index (χ2n) is 3.00. The number of hydrogen-bond donors (Lipinski definition) is 1. The van der Waals surface area contributed by atoms with Crippen molar-refractivity contribution >= 4 is 35.7 Å². The van der Waals surface area contributed by atoms with Crippen molar-refractivity contribution in [1.29, 1.82) is 0 Å². The summed E-state index contributed by atoms with van der Waals surface area (Å²) in [7, 11) is 1.26. The molecule has 1 amide bonds. The molecular formula is C10H10N2O3S. The van der Waals surface area contributed by atoms with Gasteiger partial charge in [0.2, 0.25) is 5.91 Å². The molecule has 1 rings (SSSR count). The molecule has 0 bridgehead atoms. The van der Waals surface area contributed by atoms with Gasteiger partial charge in [-0.3, -0.25) is 4.79 Å². The Bertz CT molecular complexity index is 446. The van der Waals surface area contributed by atoms with Gasteiger partial charge in [-0.15, -0.1) is 0 Å². The number of nitrogens with one attached hydrogen (secondary N) is 1. The number of amides is 1. The third-order valence-corrected chi connectivity index (χ3v) is 2.02. The summed E-state index contributed by atoms with van der Waals surface area (Å²) in [6.07, 6.45) is 0. The summed E-state index contributed by atoms with van der Waals surface area (Å²) in [5.41, 5.74) is 1.06. The first-order valence-corrected chi connectivity index (χ1v) is 4.78. The molecule has 0 fully saturated rings. The Labute approximate surface area is 98.0 Å². The first kappa shape index (κ1) is 12.3. The van der Waals surface area contributed by atoms with Crippen LogP contribution in [-0.4, -0.2) is 19.0 Å².